The summed E-state index contributed by atoms with van der Waals surface area (Å²) in [5.41, 5.74) is 21.5. The predicted molar refractivity (Wildman–Crippen MR) is 94.2 cm³/mol. The van der Waals surface area contributed by atoms with E-state index in [0.29, 0.717) is 17.2 Å². The lowest BCUT2D eigenvalue weighted by molar-refractivity contribution is 1.31. The van der Waals surface area contributed by atoms with E-state index in [4.69, 9.17) is 17.2 Å². The molecule has 2 aromatic carbocycles. The van der Waals surface area contributed by atoms with Gasteiger partial charge in [-0.1, -0.05) is 49.0 Å². The van der Waals surface area contributed by atoms with Crippen LogP contribution in [-0.2, 0) is 0 Å². The van der Waals surface area contributed by atoms with E-state index >= 15 is 0 Å². The van der Waals surface area contributed by atoms with Gasteiger partial charge in [0.1, 0.15) is 5.82 Å². The van der Waals surface area contributed by atoms with E-state index in [1.165, 1.54) is 0 Å². The molecule has 0 aromatic heterocycles. The third kappa shape index (κ3) is 4.18. The molecule has 0 unspecified atom stereocenters. The fraction of sp³-hybridized carbons (Fsp3) is 0. The average molecular weight is 292 g/mol. The van der Waals surface area contributed by atoms with Gasteiger partial charge in [-0.15, -0.1) is 0 Å². The molecular formula is C18H20N4. The largest absolute Gasteiger partial charge is 0.399 e. The molecule has 2 rings (SSSR count). The van der Waals surface area contributed by atoms with Crippen molar-refractivity contribution in [3.63, 3.8) is 0 Å². The highest BCUT2D eigenvalue weighted by atomic mass is 15.0. The van der Waals surface area contributed by atoms with Gasteiger partial charge in [0.25, 0.3) is 0 Å². The first-order valence-electron chi connectivity index (χ1n) is 6.86. The Morgan fingerprint density at radius 1 is 0.818 bits per heavy atom. The molecule has 0 aliphatic heterocycles. The van der Waals surface area contributed by atoms with Gasteiger partial charge < -0.3 is 22.5 Å². The summed E-state index contributed by atoms with van der Waals surface area (Å²) >= 11 is 0. The second-order valence-electron chi connectivity index (χ2n) is 4.84. The lowest BCUT2D eigenvalue weighted by Gasteiger charge is -2.07. The van der Waals surface area contributed by atoms with Crippen LogP contribution in [0.2, 0.25) is 0 Å². The van der Waals surface area contributed by atoms with Gasteiger partial charge in [-0.2, -0.15) is 0 Å². The van der Waals surface area contributed by atoms with E-state index < -0.39 is 0 Å². The fourth-order valence-corrected chi connectivity index (χ4v) is 1.88. The van der Waals surface area contributed by atoms with E-state index in [9.17, 15) is 0 Å². The lowest BCUT2D eigenvalue weighted by atomic mass is 10.1. The van der Waals surface area contributed by atoms with Crippen LogP contribution in [0.25, 0.3) is 11.4 Å². The number of rotatable bonds is 5. The summed E-state index contributed by atoms with van der Waals surface area (Å²) in [6, 6.07) is 17.3. The van der Waals surface area contributed by atoms with Crippen LogP contribution in [-0.4, -0.2) is 0 Å². The fourth-order valence-electron chi connectivity index (χ4n) is 1.88. The second-order valence-corrected chi connectivity index (χ2v) is 4.84. The van der Waals surface area contributed by atoms with Crippen LogP contribution in [0.3, 0.4) is 0 Å². The lowest BCUT2D eigenvalue weighted by Crippen LogP contribution is -2.09. The topological polar surface area (TPSA) is 90.1 Å². The molecule has 0 amide bonds. The van der Waals surface area contributed by atoms with Gasteiger partial charge in [0, 0.05) is 17.1 Å². The number of nitrogens with one attached hydrogen (secondary N) is 1. The zero-order valence-corrected chi connectivity index (χ0v) is 12.3. The standard InChI is InChI=1S/C18H20N4/c1-13(19)14-7-9-16(10-8-14)22-18(21)12-11-17(20)15-5-3-2-4-6-15/h2-12,22H,1,19-21H2/b17-11-,18-12+. The molecule has 0 spiro atoms. The summed E-state index contributed by atoms with van der Waals surface area (Å²) in [4.78, 5) is 0. The minimum Gasteiger partial charge on any atom is -0.399 e. The Bertz CT molecular complexity index is 698. The number of benzene rings is 2. The van der Waals surface area contributed by atoms with Crippen LogP contribution in [0.15, 0.2) is 79.1 Å². The maximum absolute atomic E-state index is 6.00. The summed E-state index contributed by atoms with van der Waals surface area (Å²) in [5, 5.41) is 3.08. The van der Waals surface area contributed by atoms with Crippen molar-refractivity contribution < 1.29 is 0 Å². The monoisotopic (exact) mass is 292 g/mol. The number of allylic oxidation sites excluding steroid dienone is 2. The van der Waals surface area contributed by atoms with Gasteiger partial charge in [0.2, 0.25) is 0 Å². The van der Waals surface area contributed by atoms with E-state index in [1.54, 1.807) is 12.2 Å². The van der Waals surface area contributed by atoms with Gasteiger partial charge in [0.15, 0.2) is 0 Å². The third-order valence-corrected chi connectivity index (χ3v) is 3.09. The van der Waals surface area contributed by atoms with E-state index in [2.05, 4.69) is 11.9 Å². The highest BCUT2D eigenvalue weighted by molar-refractivity contribution is 5.65. The van der Waals surface area contributed by atoms with Gasteiger partial charge in [-0.3, -0.25) is 0 Å². The van der Waals surface area contributed by atoms with E-state index in [1.807, 2.05) is 54.6 Å². The van der Waals surface area contributed by atoms with Gasteiger partial charge in [-0.25, -0.2) is 0 Å². The zero-order chi connectivity index (χ0) is 15.9. The molecule has 0 bridgehead atoms. The molecule has 0 fully saturated rings. The molecule has 0 radical (unpaired) electrons. The van der Waals surface area contributed by atoms with Crippen molar-refractivity contribution in [2.24, 2.45) is 17.2 Å². The van der Waals surface area contributed by atoms with Crippen molar-refractivity contribution in [1.29, 1.82) is 0 Å². The summed E-state index contributed by atoms with van der Waals surface area (Å²) in [5.74, 6) is 0.498. The Hall–Kier alpha value is -3.14. The Morgan fingerprint density at radius 3 is 2.05 bits per heavy atom. The van der Waals surface area contributed by atoms with Gasteiger partial charge >= 0.3 is 0 Å². The second kappa shape index (κ2) is 7.04. The zero-order valence-electron chi connectivity index (χ0n) is 12.3. The molecule has 0 heterocycles. The van der Waals surface area contributed by atoms with Crippen LogP contribution in [0.1, 0.15) is 11.1 Å². The highest BCUT2D eigenvalue weighted by Gasteiger charge is 1.97. The SMILES string of the molecule is C=C(N)c1ccc(N/C(N)=C/C=C(\N)c2ccccc2)cc1. The number of anilines is 1. The van der Waals surface area contributed by atoms with Crippen molar-refractivity contribution in [3.05, 3.63) is 90.3 Å². The maximum Gasteiger partial charge on any atom is 0.100 e. The molecule has 112 valence electrons. The molecule has 0 aliphatic rings. The molecule has 0 atom stereocenters. The van der Waals surface area contributed by atoms with Crippen LogP contribution >= 0.6 is 0 Å². The third-order valence-electron chi connectivity index (χ3n) is 3.09. The van der Waals surface area contributed by atoms with E-state index in [-0.39, 0.29) is 0 Å². The van der Waals surface area contributed by atoms with Crippen LogP contribution in [0, 0.1) is 0 Å². The minimum absolute atomic E-state index is 0.498. The average Bonchev–Trinajstić information content (AvgIpc) is 2.54. The smallest absolute Gasteiger partial charge is 0.100 e. The van der Waals surface area contributed by atoms with Crippen molar-refractivity contribution in [2.45, 2.75) is 0 Å². The molecule has 4 heteroatoms. The van der Waals surface area contributed by atoms with Crippen molar-refractivity contribution >= 4 is 17.1 Å². The summed E-state index contributed by atoms with van der Waals surface area (Å²) < 4.78 is 0. The quantitative estimate of drug-likeness (QED) is 0.638. The summed E-state index contributed by atoms with van der Waals surface area (Å²) in [6.07, 6.45) is 3.51. The molecule has 22 heavy (non-hydrogen) atoms. The Morgan fingerprint density at radius 2 is 1.45 bits per heavy atom. The molecule has 7 N–H and O–H groups in total. The number of nitrogens with two attached hydrogens (primary N) is 3. The van der Waals surface area contributed by atoms with Gasteiger partial charge in [0.05, 0.1) is 0 Å². The molecule has 4 nitrogen and oxygen atoms in total. The van der Waals surface area contributed by atoms with E-state index in [0.717, 1.165) is 16.8 Å². The maximum atomic E-state index is 6.00. The van der Waals surface area contributed by atoms with Crippen LogP contribution in [0.5, 0.6) is 0 Å². The molecule has 0 saturated heterocycles. The first-order valence-corrected chi connectivity index (χ1v) is 6.86. The molecular weight excluding hydrogens is 272 g/mol. The number of hydrogen-bond donors (Lipinski definition) is 4. The van der Waals surface area contributed by atoms with Crippen molar-refractivity contribution in [3.8, 4) is 0 Å². The molecule has 2 aromatic rings. The normalized spacial score (nSPS) is 12.0. The highest BCUT2D eigenvalue weighted by Crippen LogP contribution is 2.14. The Kier molecular flexibility index (Phi) is 4.88. The first kappa shape index (κ1) is 15.3. The summed E-state index contributed by atoms with van der Waals surface area (Å²) in [7, 11) is 0. The first-order chi connectivity index (χ1) is 10.6. The Balaban J connectivity index is 2.05. The van der Waals surface area contributed by atoms with Gasteiger partial charge in [-0.05, 0) is 35.4 Å². The van der Waals surface area contributed by atoms with Crippen molar-refractivity contribution in [2.75, 3.05) is 5.32 Å². The van der Waals surface area contributed by atoms with Crippen molar-refractivity contribution in [1.82, 2.24) is 0 Å². The van der Waals surface area contributed by atoms with Crippen LogP contribution < -0.4 is 22.5 Å². The summed E-state index contributed by atoms with van der Waals surface area (Å²) in [6.45, 7) is 3.69. The minimum atomic E-state index is 0.498. The van der Waals surface area contributed by atoms with Crippen LogP contribution in [0.4, 0.5) is 5.69 Å². The Labute approximate surface area is 130 Å². The predicted octanol–water partition coefficient (Wildman–Crippen LogP) is 2.83. The number of hydrogen-bond acceptors (Lipinski definition) is 4. The molecule has 0 saturated carbocycles. The molecule has 0 aliphatic carbocycles.